The van der Waals surface area contributed by atoms with Crippen molar-refractivity contribution in [1.29, 1.82) is 0 Å². The molecular formula is C23H28N7O5PS. The number of benzene rings is 1. The average molecular weight is 546 g/mol. The van der Waals surface area contributed by atoms with E-state index in [4.69, 9.17) is 10.5 Å². The number of carbonyl (C=O) groups is 1. The average Bonchev–Trinajstić information content (AvgIpc) is 3.74. The van der Waals surface area contributed by atoms with Crippen molar-refractivity contribution in [3.63, 3.8) is 0 Å². The number of para-hydroxylation sites is 1. The molecule has 14 heteroatoms. The minimum Gasteiger partial charge on any atom is -0.494 e. The Labute approximate surface area is 214 Å². The zero-order chi connectivity index (χ0) is 26.5. The van der Waals surface area contributed by atoms with Crippen molar-refractivity contribution in [2.24, 2.45) is 12.8 Å². The van der Waals surface area contributed by atoms with Crippen molar-refractivity contribution in [2.45, 2.75) is 37.0 Å². The zero-order valence-corrected chi connectivity index (χ0v) is 22.3. The van der Waals surface area contributed by atoms with Crippen molar-refractivity contribution in [2.75, 3.05) is 23.4 Å². The van der Waals surface area contributed by atoms with Crippen LogP contribution in [0.15, 0.2) is 30.3 Å². The lowest BCUT2D eigenvalue weighted by Gasteiger charge is -2.17. The van der Waals surface area contributed by atoms with Crippen molar-refractivity contribution >= 4 is 45.7 Å². The molecule has 0 bridgehead atoms. The third-order valence-corrected chi connectivity index (χ3v) is 11.4. The monoisotopic (exact) mass is 545 g/mol. The van der Waals surface area contributed by atoms with Crippen LogP contribution in [-0.2, 0) is 21.6 Å². The number of sulfonamides is 1. The Morgan fingerprint density at radius 3 is 2.38 bits per heavy atom. The van der Waals surface area contributed by atoms with E-state index < -0.39 is 23.1 Å². The first kappa shape index (κ1) is 25.2. The van der Waals surface area contributed by atoms with Crippen molar-refractivity contribution in [3.05, 3.63) is 36.0 Å². The number of nitrogens with zero attached hydrogens (tertiary/aromatic N) is 4. The summed E-state index contributed by atoms with van der Waals surface area (Å²) in [5, 5.41) is 15.3. The number of amides is 1. The van der Waals surface area contributed by atoms with Crippen LogP contribution in [0.4, 0.5) is 17.2 Å². The maximum atomic E-state index is 14.1. The maximum absolute atomic E-state index is 14.1. The van der Waals surface area contributed by atoms with E-state index in [0.29, 0.717) is 22.7 Å². The van der Waals surface area contributed by atoms with Gasteiger partial charge in [0.15, 0.2) is 17.3 Å². The summed E-state index contributed by atoms with van der Waals surface area (Å²) in [5.41, 5.74) is 8.44. The highest BCUT2D eigenvalue weighted by molar-refractivity contribution is 7.92. The van der Waals surface area contributed by atoms with Crippen LogP contribution < -0.4 is 25.9 Å². The van der Waals surface area contributed by atoms with E-state index in [0.717, 1.165) is 37.4 Å². The van der Waals surface area contributed by atoms with E-state index in [1.807, 2.05) is 19.2 Å². The number of rotatable bonds is 10. The molecule has 0 aliphatic heterocycles. The Morgan fingerprint density at radius 2 is 1.81 bits per heavy atom. The number of ether oxygens (including phenoxy) is 1. The standard InChI is InChI=1S/C23H28N7O5PS/c1-30-20(36(32,13-7-8-13)14-9-10-14)12-17(28-30)15-5-4-6-16(22(15)35-2)25-18-11-19(29-37(3,33)34)26-27-21(18)23(24)31/h4-6,11-14H,7-10H2,1-3H3,(H2,24,31)(H2,25,26,29). The molecule has 0 unspecified atom stereocenters. The van der Waals surface area contributed by atoms with E-state index in [1.54, 1.807) is 16.8 Å². The quantitative estimate of drug-likeness (QED) is 0.324. The van der Waals surface area contributed by atoms with Gasteiger partial charge in [-0.25, -0.2) is 8.42 Å². The van der Waals surface area contributed by atoms with Gasteiger partial charge in [0.05, 0.1) is 35.9 Å². The molecule has 0 atom stereocenters. The Bertz CT molecular complexity index is 1530. The first-order chi connectivity index (χ1) is 17.5. The van der Waals surface area contributed by atoms with Crippen LogP contribution in [0.3, 0.4) is 0 Å². The molecule has 2 heterocycles. The Morgan fingerprint density at radius 1 is 1.14 bits per heavy atom. The molecule has 2 saturated carbocycles. The highest BCUT2D eigenvalue weighted by atomic mass is 32.2. The van der Waals surface area contributed by atoms with Crippen molar-refractivity contribution < 1.29 is 22.5 Å². The van der Waals surface area contributed by atoms with Crippen molar-refractivity contribution in [1.82, 2.24) is 20.0 Å². The first-order valence-corrected chi connectivity index (χ1v) is 15.5. The highest BCUT2D eigenvalue weighted by Gasteiger charge is 2.53. The zero-order valence-electron chi connectivity index (χ0n) is 20.6. The molecule has 2 aromatic heterocycles. The Kier molecular flexibility index (Phi) is 6.23. The molecule has 2 fully saturated rings. The SMILES string of the molecule is COc1c(Nc2cc(NS(C)(=O)=O)nnc2C(N)=O)cccc1-c1cc(P(=O)(C2CC2)C2CC2)n(C)n1. The van der Waals surface area contributed by atoms with Gasteiger partial charge in [-0.15, -0.1) is 10.2 Å². The molecule has 12 nitrogen and oxygen atoms in total. The van der Waals surface area contributed by atoms with Gasteiger partial charge >= 0.3 is 0 Å². The number of methoxy groups -OCH3 is 1. The van der Waals surface area contributed by atoms with Gasteiger partial charge in [0.1, 0.15) is 7.14 Å². The first-order valence-electron chi connectivity index (χ1n) is 11.7. The summed E-state index contributed by atoms with van der Waals surface area (Å²) in [4.78, 5) is 12.0. The topological polar surface area (TPSA) is 171 Å². The molecule has 1 amide bonds. The van der Waals surface area contributed by atoms with Crippen LogP contribution in [0.2, 0.25) is 0 Å². The van der Waals surface area contributed by atoms with Crippen LogP contribution in [0.1, 0.15) is 36.2 Å². The van der Waals surface area contributed by atoms with E-state index in [2.05, 4.69) is 25.3 Å². The molecule has 3 aromatic rings. The predicted molar refractivity (Wildman–Crippen MR) is 141 cm³/mol. The van der Waals surface area contributed by atoms with Crippen molar-refractivity contribution in [3.8, 4) is 17.0 Å². The maximum Gasteiger partial charge on any atom is 0.271 e. The molecule has 2 aliphatic carbocycles. The third kappa shape index (κ3) is 4.93. The van der Waals surface area contributed by atoms with Gasteiger partial charge in [-0.1, -0.05) is 6.07 Å². The van der Waals surface area contributed by atoms with E-state index >= 15 is 0 Å². The molecule has 0 saturated heterocycles. The van der Waals surface area contributed by atoms with Gasteiger partial charge in [-0.2, -0.15) is 5.10 Å². The number of nitrogens with two attached hydrogens (primary N) is 1. The normalized spacial score (nSPS) is 15.9. The smallest absolute Gasteiger partial charge is 0.271 e. The number of aryl methyl sites for hydroxylation is 1. The second-order valence-electron chi connectivity index (χ2n) is 9.42. The van der Waals surface area contributed by atoms with Crippen LogP contribution in [0.25, 0.3) is 11.3 Å². The fourth-order valence-corrected chi connectivity index (χ4v) is 9.09. The van der Waals surface area contributed by atoms with Crippen LogP contribution in [-0.4, -0.2) is 59.0 Å². The van der Waals surface area contributed by atoms with Gasteiger partial charge in [0.25, 0.3) is 5.91 Å². The molecule has 37 heavy (non-hydrogen) atoms. The second-order valence-corrected chi connectivity index (χ2v) is 14.5. The van der Waals surface area contributed by atoms with Gasteiger partial charge in [-0.3, -0.25) is 14.2 Å². The highest BCUT2D eigenvalue weighted by Crippen LogP contribution is 2.69. The number of aromatic nitrogens is 4. The van der Waals surface area contributed by atoms with Crippen LogP contribution in [0.5, 0.6) is 5.75 Å². The number of nitrogens with one attached hydrogen (secondary N) is 2. The lowest BCUT2D eigenvalue weighted by Crippen LogP contribution is -2.20. The number of primary amides is 1. The van der Waals surface area contributed by atoms with Gasteiger partial charge in [0, 0.05) is 30.0 Å². The van der Waals surface area contributed by atoms with E-state index in [1.165, 1.54) is 13.2 Å². The van der Waals surface area contributed by atoms with Crippen LogP contribution in [0, 0.1) is 0 Å². The van der Waals surface area contributed by atoms with Gasteiger partial charge in [0.2, 0.25) is 10.0 Å². The summed E-state index contributed by atoms with van der Waals surface area (Å²) in [6, 6.07) is 8.56. The number of carbonyl (C=O) groups excluding carboxylic acids is 1. The molecule has 0 radical (unpaired) electrons. The Hall–Kier alpha value is -3.44. The molecule has 196 valence electrons. The summed E-state index contributed by atoms with van der Waals surface area (Å²) in [7, 11) is -2.84. The minimum absolute atomic E-state index is 0.0876. The minimum atomic E-state index is -3.63. The molecule has 4 N–H and O–H groups in total. The summed E-state index contributed by atoms with van der Waals surface area (Å²) in [6.07, 6.45) is 4.96. The van der Waals surface area contributed by atoms with E-state index in [-0.39, 0.29) is 28.5 Å². The summed E-state index contributed by atoms with van der Waals surface area (Å²) < 4.78 is 47.1. The lowest BCUT2D eigenvalue weighted by atomic mass is 10.1. The Balaban J connectivity index is 1.54. The summed E-state index contributed by atoms with van der Waals surface area (Å²) in [6.45, 7) is 0. The molecule has 1 aromatic carbocycles. The number of anilines is 3. The fourth-order valence-electron chi connectivity index (χ4n) is 4.62. The summed E-state index contributed by atoms with van der Waals surface area (Å²) >= 11 is 0. The van der Waals surface area contributed by atoms with Gasteiger partial charge in [-0.05, 0) is 43.9 Å². The number of hydrogen-bond acceptors (Lipinski definition) is 9. The largest absolute Gasteiger partial charge is 0.494 e. The molecule has 5 rings (SSSR count). The predicted octanol–water partition coefficient (Wildman–Crippen LogP) is 2.41. The van der Waals surface area contributed by atoms with Crippen LogP contribution >= 0.6 is 7.14 Å². The molecular weight excluding hydrogens is 517 g/mol. The molecule has 2 aliphatic rings. The number of hydrogen-bond donors (Lipinski definition) is 3. The lowest BCUT2D eigenvalue weighted by molar-refractivity contribution is 0.0995. The second kappa shape index (κ2) is 9.14. The van der Waals surface area contributed by atoms with E-state index in [9.17, 15) is 17.8 Å². The molecule has 0 spiro atoms. The third-order valence-electron chi connectivity index (χ3n) is 6.47. The summed E-state index contributed by atoms with van der Waals surface area (Å²) in [5.74, 6) is -0.513. The fraction of sp³-hybridized carbons (Fsp3) is 0.391. The van der Waals surface area contributed by atoms with Gasteiger partial charge < -0.3 is 20.4 Å².